The predicted octanol–water partition coefficient (Wildman–Crippen LogP) is 3.58. The van der Waals surface area contributed by atoms with Gasteiger partial charge >= 0.3 is 0 Å². The summed E-state index contributed by atoms with van der Waals surface area (Å²) in [4.78, 5) is 4.65. The van der Waals surface area contributed by atoms with Gasteiger partial charge in [0.2, 0.25) is 0 Å². The molecule has 0 spiro atoms. The third-order valence-electron chi connectivity index (χ3n) is 4.94. The average molecular weight is 367 g/mol. The highest BCUT2D eigenvalue weighted by Crippen LogP contribution is 2.30. The van der Waals surface area contributed by atoms with Gasteiger partial charge in [0.1, 0.15) is 5.52 Å². The van der Waals surface area contributed by atoms with Crippen LogP contribution in [0, 0.1) is 13.8 Å². The number of aryl methyl sites for hydroxylation is 3. The Morgan fingerprint density at radius 2 is 1.96 bits per heavy atom. The second-order valence-corrected chi connectivity index (χ2v) is 8.88. The van der Waals surface area contributed by atoms with Crippen molar-refractivity contribution in [2.75, 3.05) is 11.1 Å². The number of sulfone groups is 1. The van der Waals surface area contributed by atoms with E-state index in [2.05, 4.69) is 48.4 Å². The Labute approximate surface area is 153 Å². The zero-order chi connectivity index (χ0) is 18.5. The summed E-state index contributed by atoms with van der Waals surface area (Å²) in [5, 5.41) is 4.57. The number of benzene rings is 1. The van der Waals surface area contributed by atoms with E-state index in [-0.39, 0.29) is 11.8 Å². The van der Waals surface area contributed by atoms with Gasteiger partial charge in [-0.15, -0.1) is 0 Å². The van der Waals surface area contributed by atoms with Crippen molar-refractivity contribution in [1.29, 1.82) is 0 Å². The summed E-state index contributed by atoms with van der Waals surface area (Å²) >= 11 is 0. The molecule has 1 N–H and O–H groups in total. The van der Waals surface area contributed by atoms with Crippen molar-refractivity contribution in [3.8, 4) is 11.1 Å². The van der Waals surface area contributed by atoms with E-state index in [1.165, 1.54) is 16.5 Å². The number of nitrogens with zero attached hydrogens (tertiary/aromatic N) is 2. The number of rotatable bonds is 3. The van der Waals surface area contributed by atoms with Gasteiger partial charge in [0.15, 0.2) is 9.84 Å². The second kappa shape index (κ2) is 5.99. The van der Waals surface area contributed by atoms with Crippen LogP contribution in [-0.2, 0) is 16.9 Å². The fraction of sp³-hybridized carbons (Fsp3) is 0.250. The van der Waals surface area contributed by atoms with Crippen LogP contribution >= 0.6 is 0 Å². The Hall–Kier alpha value is -2.60. The van der Waals surface area contributed by atoms with E-state index < -0.39 is 9.84 Å². The monoisotopic (exact) mass is 367 g/mol. The van der Waals surface area contributed by atoms with E-state index in [1.807, 2.05) is 24.0 Å². The van der Waals surface area contributed by atoms with E-state index in [1.54, 1.807) is 6.08 Å². The molecule has 0 amide bonds. The summed E-state index contributed by atoms with van der Waals surface area (Å²) in [6.07, 6.45) is 5.52. The van der Waals surface area contributed by atoms with Gasteiger partial charge in [0, 0.05) is 30.4 Å². The van der Waals surface area contributed by atoms with Crippen LogP contribution < -0.4 is 5.32 Å². The minimum atomic E-state index is -3.08. The van der Waals surface area contributed by atoms with Gasteiger partial charge in [0.05, 0.1) is 23.0 Å². The first kappa shape index (κ1) is 16.8. The highest BCUT2D eigenvalue weighted by Gasteiger charge is 2.22. The van der Waals surface area contributed by atoms with Crippen molar-refractivity contribution in [2.24, 2.45) is 7.05 Å². The van der Waals surface area contributed by atoms with Crippen molar-refractivity contribution in [3.63, 3.8) is 0 Å². The van der Waals surface area contributed by atoms with Crippen LogP contribution in [0.25, 0.3) is 22.2 Å². The number of pyridine rings is 1. The first-order chi connectivity index (χ1) is 12.3. The normalized spacial score (nSPS) is 18.5. The van der Waals surface area contributed by atoms with Crippen LogP contribution in [0.15, 0.2) is 48.1 Å². The smallest absolute Gasteiger partial charge is 0.173 e. The molecule has 0 fully saturated rings. The topological polar surface area (TPSA) is 64.0 Å². The molecule has 2 aromatic heterocycles. The van der Waals surface area contributed by atoms with E-state index in [9.17, 15) is 8.42 Å². The molecule has 6 heteroatoms. The fourth-order valence-corrected chi connectivity index (χ4v) is 4.54. The quantitative estimate of drug-likeness (QED) is 0.768. The highest BCUT2D eigenvalue weighted by atomic mass is 32.2. The van der Waals surface area contributed by atoms with Crippen molar-refractivity contribution in [1.82, 2.24) is 9.55 Å². The SMILES string of the molecule is Cc1ccc(-c2cnc3c(NC4C=CS(=O)(=O)C4)cn(C)c3c2)cc1C. The molecule has 5 nitrogen and oxygen atoms in total. The zero-order valence-corrected chi connectivity index (χ0v) is 15.8. The molecular weight excluding hydrogens is 346 g/mol. The molecule has 0 saturated carbocycles. The molecule has 1 unspecified atom stereocenters. The lowest BCUT2D eigenvalue weighted by atomic mass is 10.0. The molecule has 0 bridgehead atoms. The van der Waals surface area contributed by atoms with Crippen molar-refractivity contribution in [3.05, 3.63) is 59.3 Å². The van der Waals surface area contributed by atoms with E-state index in [0.717, 1.165) is 27.8 Å². The van der Waals surface area contributed by atoms with E-state index in [0.29, 0.717) is 0 Å². The number of aromatic nitrogens is 2. The molecular formula is C20H21N3O2S. The molecule has 1 aliphatic rings. The Kier molecular flexibility index (Phi) is 3.88. The summed E-state index contributed by atoms with van der Waals surface area (Å²) < 4.78 is 25.2. The molecule has 1 aromatic carbocycles. The fourth-order valence-electron chi connectivity index (χ4n) is 3.30. The van der Waals surface area contributed by atoms with Crippen LogP contribution in [0.1, 0.15) is 11.1 Å². The Morgan fingerprint density at radius 3 is 2.65 bits per heavy atom. The largest absolute Gasteiger partial charge is 0.375 e. The molecule has 1 atom stereocenters. The lowest BCUT2D eigenvalue weighted by Gasteiger charge is -2.10. The first-order valence-corrected chi connectivity index (χ1v) is 10.2. The number of hydrogen-bond donors (Lipinski definition) is 1. The summed E-state index contributed by atoms with van der Waals surface area (Å²) in [5.41, 5.74) is 7.44. The van der Waals surface area contributed by atoms with E-state index >= 15 is 0 Å². The van der Waals surface area contributed by atoms with Gasteiger partial charge in [-0.25, -0.2) is 8.42 Å². The minimum absolute atomic E-state index is 0.0874. The molecule has 0 saturated heterocycles. The maximum absolute atomic E-state index is 11.6. The molecule has 3 heterocycles. The summed E-state index contributed by atoms with van der Waals surface area (Å²) in [5.74, 6) is 0.0874. The Bertz CT molecular complexity index is 1140. The number of hydrogen-bond acceptors (Lipinski definition) is 4. The number of anilines is 1. The summed E-state index contributed by atoms with van der Waals surface area (Å²) in [7, 11) is -1.11. The molecule has 4 rings (SSSR count). The Balaban J connectivity index is 1.70. The van der Waals surface area contributed by atoms with Crippen molar-refractivity contribution in [2.45, 2.75) is 19.9 Å². The molecule has 0 radical (unpaired) electrons. The number of nitrogens with one attached hydrogen (secondary N) is 1. The maximum atomic E-state index is 11.6. The first-order valence-electron chi connectivity index (χ1n) is 8.52. The third kappa shape index (κ3) is 3.01. The third-order valence-corrected chi connectivity index (χ3v) is 6.33. The van der Waals surface area contributed by atoms with Crippen LogP contribution in [-0.4, -0.2) is 29.8 Å². The summed E-state index contributed by atoms with van der Waals surface area (Å²) in [6, 6.07) is 8.32. The standard InChI is InChI=1S/C20H21N3O2S/c1-13-4-5-15(8-14(13)2)16-9-19-20(21-10-16)18(11-23(19)3)22-17-6-7-26(24,25)12-17/h4-11,17,22H,12H2,1-3H3. The van der Waals surface area contributed by atoms with Crippen LogP contribution in [0.4, 0.5) is 5.69 Å². The summed E-state index contributed by atoms with van der Waals surface area (Å²) in [6.45, 7) is 4.21. The molecule has 134 valence electrons. The van der Waals surface area contributed by atoms with Gasteiger partial charge in [-0.3, -0.25) is 4.98 Å². The van der Waals surface area contributed by atoms with E-state index in [4.69, 9.17) is 0 Å². The second-order valence-electron chi connectivity index (χ2n) is 6.95. The molecule has 1 aliphatic heterocycles. The van der Waals surface area contributed by atoms with Crippen molar-refractivity contribution < 1.29 is 8.42 Å². The minimum Gasteiger partial charge on any atom is -0.375 e. The number of fused-ring (bicyclic) bond motifs is 1. The lowest BCUT2D eigenvalue weighted by Crippen LogP contribution is -2.20. The highest BCUT2D eigenvalue weighted by molar-refractivity contribution is 7.94. The van der Waals surface area contributed by atoms with Crippen LogP contribution in [0.2, 0.25) is 0 Å². The van der Waals surface area contributed by atoms with Gasteiger partial charge in [-0.05, 0) is 36.6 Å². The maximum Gasteiger partial charge on any atom is 0.173 e. The molecule has 3 aromatic rings. The Morgan fingerprint density at radius 1 is 1.15 bits per heavy atom. The van der Waals surface area contributed by atoms with Gasteiger partial charge in [-0.1, -0.05) is 24.3 Å². The molecule has 0 aliphatic carbocycles. The van der Waals surface area contributed by atoms with Gasteiger partial charge in [0.25, 0.3) is 0 Å². The van der Waals surface area contributed by atoms with Crippen molar-refractivity contribution >= 4 is 26.6 Å². The van der Waals surface area contributed by atoms with Gasteiger partial charge < -0.3 is 9.88 Å². The van der Waals surface area contributed by atoms with Crippen LogP contribution in [0.5, 0.6) is 0 Å². The van der Waals surface area contributed by atoms with Crippen LogP contribution in [0.3, 0.4) is 0 Å². The molecule has 26 heavy (non-hydrogen) atoms. The lowest BCUT2D eigenvalue weighted by molar-refractivity contribution is 0.605. The zero-order valence-electron chi connectivity index (χ0n) is 15.0. The average Bonchev–Trinajstić information content (AvgIpc) is 3.09. The predicted molar refractivity (Wildman–Crippen MR) is 106 cm³/mol. The van der Waals surface area contributed by atoms with Gasteiger partial charge in [-0.2, -0.15) is 0 Å².